The van der Waals surface area contributed by atoms with Crippen LogP contribution in [0.3, 0.4) is 0 Å². The lowest BCUT2D eigenvalue weighted by Crippen LogP contribution is -2.05. The third-order valence-electron chi connectivity index (χ3n) is 2.99. The smallest absolute Gasteiger partial charge is 0.0406 e. The summed E-state index contributed by atoms with van der Waals surface area (Å²) in [6.07, 6.45) is 2.56. The molecule has 1 aromatic carbocycles. The van der Waals surface area contributed by atoms with Crippen molar-refractivity contribution in [1.82, 2.24) is 0 Å². The van der Waals surface area contributed by atoms with Crippen molar-refractivity contribution in [3.05, 3.63) is 34.9 Å². The fraction of sp³-hybridized carbons (Fsp3) is 0.538. The van der Waals surface area contributed by atoms with E-state index in [0.29, 0.717) is 5.92 Å². The molecule has 0 amide bonds. The summed E-state index contributed by atoms with van der Waals surface area (Å²) in [5.74, 6) is 1.38. The molecule has 0 radical (unpaired) electrons. The van der Waals surface area contributed by atoms with E-state index in [1.165, 1.54) is 18.4 Å². The first-order valence-electron chi connectivity index (χ1n) is 5.40. The zero-order valence-corrected chi connectivity index (χ0v) is 10.0. The lowest BCUT2D eigenvalue weighted by atomic mass is 9.86. The molecule has 0 fully saturated rings. The summed E-state index contributed by atoms with van der Waals surface area (Å²) in [5, 5.41) is 0.823. The summed E-state index contributed by atoms with van der Waals surface area (Å²) in [6, 6.07) is 8.23. The molecule has 0 saturated carbocycles. The molecule has 0 aliphatic carbocycles. The Hall–Kier alpha value is -0.490. The summed E-state index contributed by atoms with van der Waals surface area (Å²) in [6.45, 7) is 6.86. The molecule has 0 spiro atoms. The van der Waals surface area contributed by atoms with Crippen LogP contribution in [0, 0.1) is 5.92 Å². The summed E-state index contributed by atoms with van der Waals surface area (Å²) < 4.78 is 0. The van der Waals surface area contributed by atoms with E-state index in [-0.39, 0.29) is 0 Å². The first-order valence-corrected chi connectivity index (χ1v) is 5.78. The SMILES string of the molecule is CCCC(C)C(C)c1ccc(Cl)cc1. The van der Waals surface area contributed by atoms with Crippen molar-refractivity contribution in [1.29, 1.82) is 0 Å². The van der Waals surface area contributed by atoms with E-state index in [2.05, 4.69) is 32.9 Å². The minimum atomic E-state index is 0.632. The minimum absolute atomic E-state index is 0.632. The molecule has 0 nitrogen and oxygen atoms in total. The van der Waals surface area contributed by atoms with Gasteiger partial charge < -0.3 is 0 Å². The van der Waals surface area contributed by atoms with Crippen molar-refractivity contribution in [2.75, 3.05) is 0 Å². The van der Waals surface area contributed by atoms with E-state index in [0.717, 1.165) is 10.9 Å². The maximum atomic E-state index is 5.86. The van der Waals surface area contributed by atoms with Crippen LogP contribution in [0.5, 0.6) is 0 Å². The summed E-state index contributed by atoms with van der Waals surface area (Å²) >= 11 is 5.86. The molecule has 0 aliphatic heterocycles. The normalized spacial score (nSPS) is 15.1. The van der Waals surface area contributed by atoms with Crippen LogP contribution in [0.25, 0.3) is 0 Å². The highest BCUT2D eigenvalue weighted by Crippen LogP contribution is 2.27. The number of rotatable bonds is 4. The van der Waals surface area contributed by atoms with Gasteiger partial charge in [-0.2, -0.15) is 0 Å². The van der Waals surface area contributed by atoms with Gasteiger partial charge in [0.1, 0.15) is 0 Å². The van der Waals surface area contributed by atoms with Gasteiger partial charge in [0.2, 0.25) is 0 Å². The molecular formula is C13H19Cl. The third kappa shape index (κ3) is 3.02. The van der Waals surface area contributed by atoms with E-state index in [9.17, 15) is 0 Å². The van der Waals surface area contributed by atoms with Crippen LogP contribution in [0.15, 0.2) is 24.3 Å². The summed E-state index contributed by atoms with van der Waals surface area (Å²) in [4.78, 5) is 0. The molecule has 0 aliphatic rings. The Labute approximate surface area is 92.3 Å². The van der Waals surface area contributed by atoms with Gasteiger partial charge in [-0.3, -0.25) is 0 Å². The van der Waals surface area contributed by atoms with E-state index < -0.39 is 0 Å². The van der Waals surface area contributed by atoms with Gasteiger partial charge in [0, 0.05) is 5.02 Å². The van der Waals surface area contributed by atoms with Gasteiger partial charge >= 0.3 is 0 Å². The van der Waals surface area contributed by atoms with Crippen LogP contribution in [-0.4, -0.2) is 0 Å². The number of benzene rings is 1. The first-order chi connectivity index (χ1) is 6.65. The van der Waals surface area contributed by atoms with Crippen LogP contribution in [-0.2, 0) is 0 Å². The predicted molar refractivity (Wildman–Crippen MR) is 63.9 cm³/mol. The molecule has 2 unspecified atom stereocenters. The monoisotopic (exact) mass is 210 g/mol. The van der Waals surface area contributed by atoms with Gasteiger partial charge in [-0.1, -0.05) is 57.3 Å². The van der Waals surface area contributed by atoms with E-state index in [4.69, 9.17) is 11.6 Å². The molecule has 1 aromatic rings. The molecule has 0 N–H and O–H groups in total. The van der Waals surface area contributed by atoms with Crippen LogP contribution in [0.1, 0.15) is 45.1 Å². The Kier molecular flexibility index (Phi) is 4.47. The second-order valence-electron chi connectivity index (χ2n) is 4.11. The molecule has 2 atom stereocenters. The molecule has 14 heavy (non-hydrogen) atoms. The van der Waals surface area contributed by atoms with Gasteiger partial charge in [0.15, 0.2) is 0 Å². The van der Waals surface area contributed by atoms with Gasteiger partial charge in [-0.25, -0.2) is 0 Å². The van der Waals surface area contributed by atoms with Crippen molar-refractivity contribution >= 4 is 11.6 Å². The lowest BCUT2D eigenvalue weighted by Gasteiger charge is -2.19. The Bertz CT molecular complexity index is 263. The highest BCUT2D eigenvalue weighted by molar-refractivity contribution is 6.30. The van der Waals surface area contributed by atoms with Crippen LogP contribution < -0.4 is 0 Å². The van der Waals surface area contributed by atoms with E-state index in [1.807, 2.05) is 12.1 Å². The van der Waals surface area contributed by atoms with Crippen molar-refractivity contribution in [2.45, 2.75) is 39.5 Å². The van der Waals surface area contributed by atoms with Crippen LogP contribution in [0.4, 0.5) is 0 Å². The maximum absolute atomic E-state index is 5.86. The van der Waals surface area contributed by atoms with E-state index in [1.54, 1.807) is 0 Å². The van der Waals surface area contributed by atoms with Crippen LogP contribution in [0.2, 0.25) is 5.02 Å². The molecule has 0 saturated heterocycles. The number of hydrogen-bond acceptors (Lipinski definition) is 0. The molecule has 0 aromatic heterocycles. The lowest BCUT2D eigenvalue weighted by molar-refractivity contribution is 0.448. The Morgan fingerprint density at radius 3 is 2.21 bits per heavy atom. The highest BCUT2D eigenvalue weighted by atomic mass is 35.5. The maximum Gasteiger partial charge on any atom is 0.0406 e. The number of hydrogen-bond donors (Lipinski definition) is 0. The second-order valence-corrected chi connectivity index (χ2v) is 4.54. The van der Waals surface area contributed by atoms with Crippen LogP contribution >= 0.6 is 11.6 Å². The third-order valence-corrected chi connectivity index (χ3v) is 3.25. The Morgan fingerprint density at radius 1 is 1.14 bits per heavy atom. The largest absolute Gasteiger partial charge is 0.0843 e. The van der Waals surface area contributed by atoms with Crippen molar-refractivity contribution in [3.63, 3.8) is 0 Å². The van der Waals surface area contributed by atoms with Gasteiger partial charge in [-0.05, 0) is 29.5 Å². The zero-order valence-electron chi connectivity index (χ0n) is 9.26. The first kappa shape index (κ1) is 11.6. The highest BCUT2D eigenvalue weighted by Gasteiger charge is 2.12. The standard InChI is InChI=1S/C13H19Cl/c1-4-5-10(2)11(3)12-6-8-13(14)9-7-12/h6-11H,4-5H2,1-3H3. The Morgan fingerprint density at radius 2 is 1.71 bits per heavy atom. The van der Waals surface area contributed by atoms with Crippen molar-refractivity contribution in [3.8, 4) is 0 Å². The molecular weight excluding hydrogens is 192 g/mol. The minimum Gasteiger partial charge on any atom is -0.0843 e. The summed E-state index contributed by atoms with van der Waals surface area (Å²) in [5.41, 5.74) is 1.40. The average Bonchev–Trinajstić information content (AvgIpc) is 2.18. The second kappa shape index (κ2) is 5.41. The predicted octanol–water partition coefficient (Wildman–Crippen LogP) is 4.88. The van der Waals surface area contributed by atoms with Gasteiger partial charge in [0.25, 0.3) is 0 Å². The molecule has 1 heteroatoms. The quantitative estimate of drug-likeness (QED) is 0.665. The zero-order chi connectivity index (χ0) is 10.6. The Balaban J connectivity index is 2.68. The van der Waals surface area contributed by atoms with Crippen molar-refractivity contribution in [2.24, 2.45) is 5.92 Å². The van der Waals surface area contributed by atoms with Crippen molar-refractivity contribution < 1.29 is 0 Å². The van der Waals surface area contributed by atoms with Gasteiger partial charge in [-0.15, -0.1) is 0 Å². The number of halogens is 1. The molecule has 0 bridgehead atoms. The van der Waals surface area contributed by atoms with Gasteiger partial charge in [0.05, 0.1) is 0 Å². The summed E-state index contributed by atoms with van der Waals surface area (Å²) in [7, 11) is 0. The van der Waals surface area contributed by atoms with E-state index >= 15 is 0 Å². The topological polar surface area (TPSA) is 0 Å². The fourth-order valence-corrected chi connectivity index (χ4v) is 1.93. The fourth-order valence-electron chi connectivity index (χ4n) is 1.80. The molecule has 1 rings (SSSR count). The molecule has 78 valence electrons. The molecule has 0 heterocycles. The average molecular weight is 211 g/mol.